The van der Waals surface area contributed by atoms with Gasteiger partial charge in [0, 0.05) is 11.5 Å². The highest BCUT2D eigenvalue weighted by atomic mass is 35.5. The number of anilines is 2. The average Bonchev–Trinajstić information content (AvgIpc) is 3.38. The lowest BCUT2D eigenvalue weighted by Gasteiger charge is -2.14. The summed E-state index contributed by atoms with van der Waals surface area (Å²) in [5, 5.41) is 3.78. The molecular formula is C26H20ClN3O5S. The number of nitrogens with zero attached hydrogens (tertiary/aromatic N) is 2. The highest BCUT2D eigenvalue weighted by Crippen LogP contribution is 2.37. The summed E-state index contributed by atoms with van der Waals surface area (Å²) in [5.74, 6) is 1.52. The highest BCUT2D eigenvalue weighted by Gasteiger charge is 2.22. The fourth-order valence-corrected chi connectivity index (χ4v) is 5.20. The first-order valence-corrected chi connectivity index (χ1v) is 12.0. The molecule has 1 N–H and O–H groups in total. The number of benzene rings is 3. The minimum atomic E-state index is -3.78. The Kier molecular flexibility index (Phi) is 7.05. The molecule has 5 aromatic rings. The molecule has 0 saturated carbocycles. The molecule has 5 rings (SSSR count). The van der Waals surface area contributed by atoms with Crippen LogP contribution in [-0.2, 0) is 9.84 Å². The van der Waals surface area contributed by atoms with E-state index in [9.17, 15) is 13.2 Å². The van der Waals surface area contributed by atoms with Crippen molar-refractivity contribution in [2.75, 3.05) is 12.4 Å². The van der Waals surface area contributed by atoms with Crippen LogP contribution in [0.5, 0.6) is 5.75 Å². The number of fused-ring (bicyclic) bond motifs is 1. The van der Waals surface area contributed by atoms with Crippen molar-refractivity contribution in [1.29, 1.82) is 0 Å². The third-order valence-corrected chi connectivity index (χ3v) is 7.28. The van der Waals surface area contributed by atoms with Crippen LogP contribution in [0.15, 0.2) is 99.4 Å². The topological polar surface area (TPSA) is 111 Å². The van der Waals surface area contributed by atoms with Crippen LogP contribution in [0.25, 0.3) is 22.2 Å². The minimum Gasteiger partial charge on any atom is -0.496 e. The van der Waals surface area contributed by atoms with E-state index in [-0.39, 0.29) is 28.0 Å². The summed E-state index contributed by atoms with van der Waals surface area (Å²) in [6.07, 6.45) is 2.01. The number of carbonyl (C=O) groups is 1. The maximum atomic E-state index is 13.3. The molecule has 36 heavy (non-hydrogen) atoms. The largest absolute Gasteiger partial charge is 0.496 e. The van der Waals surface area contributed by atoms with E-state index in [1.165, 1.54) is 13.4 Å². The Morgan fingerprint density at radius 2 is 1.69 bits per heavy atom. The normalized spacial score (nSPS) is 11.0. The lowest BCUT2D eigenvalue weighted by Crippen LogP contribution is -2.06. The van der Waals surface area contributed by atoms with Crippen LogP contribution in [0.3, 0.4) is 0 Å². The van der Waals surface area contributed by atoms with Crippen LogP contribution < -0.4 is 10.1 Å². The maximum Gasteiger partial charge on any atom is 0.208 e. The van der Waals surface area contributed by atoms with Crippen LogP contribution in [0.1, 0.15) is 10.6 Å². The van der Waals surface area contributed by atoms with E-state index in [1.807, 2.05) is 0 Å². The number of aldehydes is 1. The number of carbonyl (C=O) groups excluding carboxylic acids is 1. The summed E-state index contributed by atoms with van der Waals surface area (Å²) in [5.41, 5.74) is 1.54. The van der Waals surface area contributed by atoms with Gasteiger partial charge in [-0.05, 0) is 42.5 Å². The Bertz CT molecular complexity index is 1650. The van der Waals surface area contributed by atoms with Gasteiger partial charge in [0.15, 0.2) is 12.0 Å². The summed E-state index contributed by atoms with van der Waals surface area (Å²) in [4.78, 5) is 20.1. The molecule has 2 aromatic heterocycles. The van der Waals surface area contributed by atoms with Gasteiger partial charge in [-0.1, -0.05) is 30.3 Å². The van der Waals surface area contributed by atoms with Crippen LogP contribution >= 0.6 is 12.4 Å². The molecule has 0 unspecified atom stereocenters. The van der Waals surface area contributed by atoms with Gasteiger partial charge in [0.05, 0.1) is 33.7 Å². The van der Waals surface area contributed by atoms with Gasteiger partial charge in [-0.2, -0.15) is 0 Å². The second-order valence-corrected chi connectivity index (χ2v) is 9.47. The fraction of sp³-hybridized carbons (Fsp3) is 0.0385. The Labute approximate surface area is 213 Å². The summed E-state index contributed by atoms with van der Waals surface area (Å²) in [7, 11) is -2.25. The second-order valence-electron chi connectivity index (χ2n) is 7.55. The fourth-order valence-electron chi connectivity index (χ4n) is 3.76. The van der Waals surface area contributed by atoms with Crippen molar-refractivity contribution < 1.29 is 22.4 Å². The van der Waals surface area contributed by atoms with E-state index in [2.05, 4.69) is 15.3 Å². The molecule has 0 atom stereocenters. The maximum absolute atomic E-state index is 13.3. The first-order chi connectivity index (χ1) is 17.0. The molecule has 0 radical (unpaired) electrons. The number of para-hydroxylation sites is 1. The van der Waals surface area contributed by atoms with Gasteiger partial charge in [0.1, 0.15) is 23.7 Å². The number of rotatable bonds is 7. The molecule has 8 nitrogen and oxygen atoms in total. The number of ether oxygens (including phenoxy) is 1. The number of halogens is 1. The molecule has 2 heterocycles. The van der Waals surface area contributed by atoms with Crippen molar-refractivity contribution in [3.8, 4) is 17.1 Å². The molecule has 0 amide bonds. The molecule has 0 spiro atoms. The third kappa shape index (κ3) is 4.53. The molecule has 10 heteroatoms. The summed E-state index contributed by atoms with van der Waals surface area (Å²) in [6.45, 7) is 0. The van der Waals surface area contributed by atoms with Crippen molar-refractivity contribution in [2.45, 2.75) is 9.79 Å². The van der Waals surface area contributed by atoms with Crippen molar-refractivity contribution >= 4 is 50.9 Å². The van der Waals surface area contributed by atoms with E-state index in [0.29, 0.717) is 45.8 Å². The predicted octanol–water partition coefficient (Wildman–Crippen LogP) is 5.71. The SMILES string of the molecule is COc1cc2ncnc(Nc3ccccc3S(=O)(=O)c3ccccc3)c2cc1-c1ccc(C=O)o1.Cl. The number of methoxy groups -OCH3 is 1. The van der Waals surface area contributed by atoms with Crippen LogP contribution in [0, 0.1) is 0 Å². The summed E-state index contributed by atoms with van der Waals surface area (Å²) < 4.78 is 37.8. The molecule has 0 aliphatic carbocycles. The first kappa shape index (κ1) is 24.9. The standard InChI is InChI=1S/C26H19N3O5S.ClH/c1-33-24-14-22-19(13-20(24)23-12-11-17(15-30)34-23)26(28-16-27-22)29-21-9-5-6-10-25(21)35(31,32)18-7-3-2-4-8-18;/h2-16H,1H3,(H,27,28,29);1H. The van der Waals surface area contributed by atoms with Gasteiger partial charge in [-0.3, -0.25) is 4.79 Å². The number of nitrogens with one attached hydrogen (secondary N) is 1. The minimum absolute atomic E-state index is 0. The Hall–Kier alpha value is -4.21. The number of furan rings is 1. The van der Waals surface area contributed by atoms with Gasteiger partial charge in [0.25, 0.3) is 0 Å². The quantitative estimate of drug-likeness (QED) is 0.271. The van der Waals surface area contributed by atoms with Crippen molar-refractivity contribution in [3.63, 3.8) is 0 Å². The van der Waals surface area contributed by atoms with E-state index in [0.717, 1.165) is 0 Å². The Balaban J connectivity index is 0.00000304. The Morgan fingerprint density at radius 1 is 0.944 bits per heavy atom. The van der Waals surface area contributed by atoms with Gasteiger partial charge in [-0.15, -0.1) is 12.4 Å². The number of hydrogen-bond acceptors (Lipinski definition) is 8. The zero-order valence-electron chi connectivity index (χ0n) is 18.9. The zero-order valence-corrected chi connectivity index (χ0v) is 20.5. The third-order valence-electron chi connectivity index (χ3n) is 5.45. The summed E-state index contributed by atoms with van der Waals surface area (Å²) >= 11 is 0. The van der Waals surface area contributed by atoms with Gasteiger partial charge in [-0.25, -0.2) is 18.4 Å². The second kappa shape index (κ2) is 10.2. The molecule has 0 fully saturated rings. The lowest BCUT2D eigenvalue weighted by molar-refractivity contribution is 0.110. The number of sulfone groups is 1. The van der Waals surface area contributed by atoms with Gasteiger partial charge in [0.2, 0.25) is 9.84 Å². The molecule has 0 saturated heterocycles. The molecule has 0 aliphatic rings. The smallest absolute Gasteiger partial charge is 0.208 e. The van der Waals surface area contributed by atoms with E-state index < -0.39 is 9.84 Å². The lowest BCUT2D eigenvalue weighted by atomic mass is 10.1. The Morgan fingerprint density at radius 3 is 2.42 bits per heavy atom. The predicted molar refractivity (Wildman–Crippen MR) is 138 cm³/mol. The number of aromatic nitrogens is 2. The van der Waals surface area contributed by atoms with Gasteiger partial charge < -0.3 is 14.5 Å². The van der Waals surface area contributed by atoms with E-state index in [1.54, 1.807) is 78.9 Å². The number of hydrogen-bond donors (Lipinski definition) is 1. The van der Waals surface area contributed by atoms with Crippen molar-refractivity contribution in [3.05, 3.63) is 91.0 Å². The zero-order chi connectivity index (χ0) is 24.4. The average molecular weight is 522 g/mol. The summed E-state index contributed by atoms with van der Waals surface area (Å²) in [6, 6.07) is 21.6. The van der Waals surface area contributed by atoms with E-state index in [4.69, 9.17) is 9.15 Å². The van der Waals surface area contributed by atoms with Crippen LogP contribution in [0.2, 0.25) is 0 Å². The molecule has 0 aliphatic heterocycles. The monoisotopic (exact) mass is 521 g/mol. The van der Waals surface area contributed by atoms with E-state index >= 15 is 0 Å². The highest BCUT2D eigenvalue weighted by molar-refractivity contribution is 7.91. The van der Waals surface area contributed by atoms with Crippen LogP contribution in [0.4, 0.5) is 11.5 Å². The molecule has 3 aromatic carbocycles. The van der Waals surface area contributed by atoms with Crippen molar-refractivity contribution in [1.82, 2.24) is 9.97 Å². The molecule has 0 bridgehead atoms. The van der Waals surface area contributed by atoms with Crippen LogP contribution in [-0.4, -0.2) is 31.8 Å². The molecular weight excluding hydrogens is 502 g/mol. The van der Waals surface area contributed by atoms with Gasteiger partial charge >= 0.3 is 0 Å². The first-order valence-electron chi connectivity index (χ1n) is 10.6. The molecule has 182 valence electrons. The van der Waals surface area contributed by atoms with Crippen molar-refractivity contribution in [2.24, 2.45) is 0 Å².